The van der Waals surface area contributed by atoms with Gasteiger partial charge in [-0.2, -0.15) is 0 Å². The third kappa shape index (κ3) is 2.63. The van der Waals surface area contributed by atoms with Gasteiger partial charge in [0.2, 0.25) is 0 Å². The topological polar surface area (TPSA) is 55.7 Å². The van der Waals surface area contributed by atoms with Crippen LogP contribution in [-0.4, -0.2) is 20.7 Å². The first-order valence-electron chi connectivity index (χ1n) is 6.72. The molecule has 4 nitrogen and oxygen atoms in total. The highest BCUT2D eigenvalue weighted by molar-refractivity contribution is 7.09. The molecule has 0 saturated heterocycles. The minimum atomic E-state index is -0.00702. The van der Waals surface area contributed by atoms with E-state index >= 15 is 0 Å². The molecule has 5 heteroatoms. The Balaban J connectivity index is 1.91. The highest BCUT2D eigenvalue weighted by atomic mass is 32.1. The van der Waals surface area contributed by atoms with Gasteiger partial charge in [0.1, 0.15) is 5.82 Å². The molecule has 0 N–H and O–H groups in total. The highest BCUT2D eigenvalue weighted by Crippen LogP contribution is 2.33. The van der Waals surface area contributed by atoms with Crippen molar-refractivity contribution in [3.63, 3.8) is 0 Å². The van der Waals surface area contributed by atoms with Crippen molar-refractivity contribution < 1.29 is 4.79 Å². The summed E-state index contributed by atoms with van der Waals surface area (Å²) < 4.78 is 0. The quantitative estimate of drug-likeness (QED) is 0.852. The third-order valence-electron chi connectivity index (χ3n) is 3.51. The fourth-order valence-corrected chi connectivity index (χ4v) is 3.22. The van der Waals surface area contributed by atoms with Crippen molar-refractivity contribution in [1.29, 1.82) is 0 Å². The van der Waals surface area contributed by atoms with E-state index in [1.807, 2.05) is 12.3 Å². The Labute approximate surface area is 122 Å². The Bertz CT molecular complexity index is 676. The summed E-state index contributed by atoms with van der Waals surface area (Å²) in [6.45, 7) is 6.21. The maximum atomic E-state index is 12.1. The smallest absolute Gasteiger partial charge is 0.166 e. The molecule has 1 aliphatic rings. The second-order valence-corrected chi connectivity index (χ2v) is 7.18. The molecule has 104 valence electrons. The van der Waals surface area contributed by atoms with Crippen molar-refractivity contribution in [3.8, 4) is 0 Å². The SMILES string of the molecule is Cc1nc(Cc2ncc3c(n2)CC(C)(C)CC3=O)cs1. The van der Waals surface area contributed by atoms with E-state index in [2.05, 4.69) is 28.8 Å². The zero-order chi connectivity index (χ0) is 14.3. The molecule has 2 aromatic rings. The van der Waals surface area contributed by atoms with Gasteiger partial charge in [-0.25, -0.2) is 15.0 Å². The van der Waals surface area contributed by atoms with Gasteiger partial charge in [-0.05, 0) is 18.8 Å². The van der Waals surface area contributed by atoms with Gasteiger partial charge >= 0.3 is 0 Å². The molecule has 0 aliphatic heterocycles. The number of rotatable bonds is 2. The summed E-state index contributed by atoms with van der Waals surface area (Å²) in [6.07, 6.45) is 3.73. The van der Waals surface area contributed by atoms with Crippen LogP contribution in [0, 0.1) is 12.3 Å². The fraction of sp³-hybridized carbons (Fsp3) is 0.467. The molecule has 0 unspecified atom stereocenters. The van der Waals surface area contributed by atoms with Gasteiger partial charge in [0.15, 0.2) is 5.78 Å². The summed E-state index contributed by atoms with van der Waals surface area (Å²) in [5.74, 6) is 0.909. The first kappa shape index (κ1) is 13.4. The van der Waals surface area contributed by atoms with Gasteiger partial charge in [-0.3, -0.25) is 4.79 Å². The van der Waals surface area contributed by atoms with Gasteiger partial charge in [-0.1, -0.05) is 13.8 Å². The van der Waals surface area contributed by atoms with Crippen LogP contribution in [0.25, 0.3) is 0 Å². The molecule has 3 rings (SSSR count). The minimum Gasteiger partial charge on any atom is -0.294 e. The monoisotopic (exact) mass is 287 g/mol. The molecule has 2 aromatic heterocycles. The van der Waals surface area contributed by atoms with E-state index in [9.17, 15) is 4.79 Å². The summed E-state index contributed by atoms with van der Waals surface area (Å²) in [4.78, 5) is 25.4. The van der Waals surface area contributed by atoms with Gasteiger partial charge in [0.05, 0.1) is 28.4 Å². The molecule has 20 heavy (non-hydrogen) atoms. The Morgan fingerprint density at radius 3 is 2.80 bits per heavy atom. The van der Waals surface area contributed by atoms with E-state index in [4.69, 9.17) is 0 Å². The Kier molecular flexibility index (Phi) is 3.17. The van der Waals surface area contributed by atoms with Crippen LogP contribution >= 0.6 is 11.3 Å². The number of thiazole rings is 1. The lowest BCUT2D eigenvalue weighted by Gasteiger charge is -2.29. The molecule has 0 bridgehead atoms. The molecule has 1 aliphatic carbocycles. The molecule has 0 radical (unpaired) electrons. The number of aryl methyl sites for hydroxylation is 1. The molecule has 0 atom stereocenters. The maximum absolute atomic E-state index is 12.1. The van der Waals surface area contributed by atoms with Crippen LogP contribution in [0.1, 0.15) is 52.8 Å². The van der Waals surface area contributed by atoms with E-state index in [1.54, 1.807) is 17.5 Å². The van der Waals surface area contributed by atoms with Crippen LogP contribution in [0.2, 0.25) is 0 Å². The van der Waals surface area contributed by atoms with Crippen molar-refractivity contribution >= 4 is 17.1 Å². The number of ketones is 1. The first-order chi connectivity index (χ1) is 9.43. The van der Waals surface area contributed by atoms with Crippen LogP contribution in [0.15, 0.2) is 11.6 Å². The van der Waals surface area contributed by atoms with Crippen LogP contribution in [-0.2, 0) is 12.8 Å². The van der Waals surface area contributed by atoms with Crippen LogP contribution in [0.5, 0.6) is 0 Å². The lowest BCUT2D eigenvalue weighted by molar-refractivity contribution is 0.0909. The predicted molar refractivity (Wildman–Crippen MR) is 78.1 cm³/mol. The minimum absolute atomic E-state index is 0.00702. The Hall–Kier alpha value is -1.62. The van der Waals surface area contributed by atoms with E-state index in [-0.39, 0.29) is 11.2 Å². The number of fused-ring (bicyclic) bond motifs is 1. The van der Waals surface area contributed by atoms with Gasteiger partial charge in [-0.15, -0.1) is 11.3 Å². The van der Waals surface area contributed by atoms with Gasteiger partial charge in [0, 0.05) is 18.0 Å². The first-order valence-corrected chi connectivity index (χ1v) is 7.60. The number of hydrogen-bond donors (Lipinski definition) is 0. The zero-order valence-electron chi connectivity index (χ0n) is 11.9. The Morgan fingerprint density at radius 2 is 2.10 bits per heavy atom. The normalized spacial score (nSPS) is 17.1. The molecule has 0 saturated carbocycles. The molecule has 0 amide bonds. The van der Waals surface area contributed by atoms with Crippen LogP contribution in [0.4, 0.5) is 0 Å². The third-order valence-corrected chi connectivity index (χ3v) is 4.33. The number of nitrogens with zero attached hydrogens (tertiary/aromatic N) is 3. The second-order valence-electron chi connectivity index (χ2n) is 6.12. The fourth-order valence-electron chi connectivity index (χ4n) is 2.61. The molecular formula is C15H17N3OS. The average Bonchev–Trinajstić information content (AvgIpc) is 2.72. The van der Waals surface area contributed by atoms with Crippen molar-refractivity contribution in [3.05, 3.63) is 39.4 Å². The standard InChI is InChI=1S/C15H17N3OS/c1-9-17-10(8-20-9)4-14-16-7-11-12(18-14)5-15(2,3)6-13(11)19/h7-8H,4-6H2,1-3H3. The molecule has 0 fully saturated rings. The van der Waals surface area contributed by atoms with E-state index in [1.165, 1.54) is 0 Å². The van der Waals surface area contributed by atoms with E-state index in [0.29, 0.717) is 18.4 Å². The van der Waals surface area contributed by atoms with Crippen LogP contribution in [0.3, 0.4) is 0 Å². The summed E-state index contributed by atoms with van der Waals surface area (Å²) in [5, 5.41) is 3.09. The molecular weight excluding hydrogens is 270 g/mol. The Morgan fingerprint density at radius 1 is 1.30 bits per heavy atom. The number of aromatic nitrogens is 3. The predicted octanol–water partition coefficient (Wildman–Crippen LogP) is 2.99. The number of carbonyl (C=O) groups excluding carboxylic acids is 1. The van der Waals surface area contributed by atoms with Crippen molar-refractivity contribution in [2.24, 2.45) is 5.41 Å². The second kappa shape index (κ2) is 4.74. The number of hydrogen-bond acceptors (Lipinski definition) is 5. The summed E-state index contributed by atoms with van der Waals surface area (Å²) in [6, 6.07) is 0. The highest BCUT2D eigenvalue weighted by Gasteiger charge is 2.32. The van der Waals surface area contributed by atoms with Gasteiger partial charge < -0.3 is 0 Å². The van der Waals surface area contributed by atoms with Crippen molar-refractivity contribution in [2.45, 2.75) is 40.0 Å². The molecule has 0 aromatic carbocycles. The van der Waals surface area contributed by atoms with E-state index in [0.717, 1.165) is 28.6 Å². The summed E-state index contributed by atoms with van der Waals surface area (Å²) >= 11 is 1.63. The van der Waals surface area contributed by atoms with E-state index < -0.39 is 0 Å². The molecule has 2 heterocycles. The zero-order valence-corrected chi connectivity index (χ0v) is 12.8. The lowest BCUT2D eigenvalue weighted by Crippen LogP contribution is -2.28. The molecule has 0 spiro atoms. The van der Waals surface area contributed by atoms with Crippen molar-refractivity contribution in [2.75, 3.05) is 0 Å². The lowest BCUT2D eigenvalue weighted by atomic mass is 9.76. The van der Waals surface area contributed by atoms with Crippen LogP contribution < -0.4 is 0 Å². The number of Topliss-reactive ketones (excluding diaryl/α,β-unsaturated/α-hetero) is 1. The largest absolute Gasteiger partial charge is 0.294 e. The maximum Gasteiger partial charge on any atom is 0.166 e. The average molecular weight is 287 g/mol. The summed E-state index contributed by atoms with van der Waals surface area (Å²) in [7, 11) is 0. The van der Waals surface area contributed by atoms with Gasteiger partial charge in [0.25, 0.3) is 0 Å². The summed E-state index contributed by atoms with van der Waals surface area (Å²) in [5.41, 5.74) is 2.58. The number of carbonyl (C=O) groups is 1. The van der Waals surface area contributed by atoms with Crippen molar-refractivity contribution in [1.82, 2.24) is 15.0 Å².